The molecule has 0 atom stereocenters. The second-order valence-electron chi connectivity index (χ2n) is 6.17. The van der Waals surface area contributed by atoms with E-state index in [2.05, 4.69) is 34.5 Å². The molecule has 4 nitrogen and oxygen atoms in total. The van der Waals surface area contributed by atoms with Crippen LogP contribution < -0.4 is 10.2 Å². The van der Waals surface area contributed by atoms with Gasteiger partial charge in [-0.15, -0.1) is 11.8 Å². The van der Waals surface area contributed by atoms with Gasteiger partial charge in [0.25, 0.3) is 0 Å². The molecule has 2 aromatic rings. The van der Waals surface area contributed by atoms with Gasteiger partial charge in [-0.3, -0.25) is 4.79 Å². The highest BCUT2D eigenvalue weighted by molar-refractivity contribution is 7.99. The molecule has 138 valence electrons. The molecule has 1 aliphatic heterocycles. The van der Waals surface area contributed by atoms with Crippen molar-refractivity contribution in [1.82, 2.24) is 5.32 Å². The number of nitrogens with zero attached hydrogens (tertiary/aromatic N) is 1. The summed E-state index contributed by atoms with van der Waals surface area (Å²) in [6.07, 6.45) is 0. The Hall–Kier alpha value is -1.69. The number of carbonyl (C=O) groups is 1. The minimum absolute atomic E-state index is 0.0503. The number of hydrogen-bond acceptors (Lipinski definition) is 4. The van der Waals surface area contributed by atoms with Crippen LogP contribution in [0.15, 0.2) is 48.5 Å². The van der Waals surface area contributed by atoms with Gasteiger partial charge >= 0.3 is 0 Å². The van der Waals surface area contributed by atoms with Crippen LogP contribution in [0.1, 0.15) is 11.1 Å². The van der Waals surface area contributed by atoms with E-state index in [1.54, 1.807) is 11.8 Å². The van der Waals surface area contributed by atoms with Crippen LogP contribution >= 0.6 is 23.4 Å². The number of benzene rings is 2. The highest BCUT2D eigenvalue weighted by Crippen LogP contribution is 2.18. The molecule has 6 heteroatoms. The van der Waals surface area contributed by atoms with Gasteiger partial charge < -0.3 is 15.0 Å². The van der Waals surface area contributed by atoms with E-state index >= 15 is 0 Å². The summed E-state index contributed by atoms with van der Waals surface area (Å²) in [5.74, 6) is 1.27. The Bertz CT molecular complexity index is 718. The third kappa shape index (κ3) is 5.94. The van der Waals surface area contributed by atoms with Crippen LogP contribution in [-0.2, 0) is 21.8 Å². The van der Waals surface area contributed by atoms with Gasteiger partial charge in [-0.25, -0.2) is 0 Å². The molecular formula is C20H23ClN2O2S. The van der Waals surface area contributed by atoms with Gasteiger partial charge in [-0.2, -0.15) is 0 Å². The number of thioether (sulfide) groups is 1. The fourth-order valence-corrected chi connectivity index (χ4v) is 3.80. The van der Waals surface area contributed by atoms with E-state index in [9.17, 15) is 4.79 Å². The van der Waals surface area contributed by atoms with Crippen molar-refractivity contribution in [1.29, 1.82) is 0 Å². The van der Waals surface area contributed by atoms with Crippen molar-refractivity contribution in [2.75, 3.05) is 37.0 Å². The Balaban J connectivity index is 1.38. The molecule has 1 N–H and O–H groups in total. The number of ether oxygens (including phenoxy) is 1. The van der Waals surface area contributed by atoms with Crippen LogP contribution in [0.5, 0.6) is 0 Å². The van der Waals surface area contributed by atoms with Gasteiger partial charge in [0.2, 0.25) is 5.91 Å². The minimum Gasteiger partial charge on any atom is -0.378 e. The quantitative estimate of drug-likeness (QED) is 0.782. The maximum atomic E-state index is 12.0. The minimum atomic E-state index is 0.0503. The molecule has 1 fully saturated rings. The highest BCUT2D eigenvalue weighted by Gasteiger charge is 2.10. The van der Waals surface area contributed by atoms with Crippen molar-refractivity contribution in [2.24, 2.45) is 0 Å². The Morgan fingerprint density at radius 1 is 1.12 bits per heavy atom. The van der Waals surface area contributed by atoms with Crippen LogP contribution in [-0.4, -0.2) is 38.0 Å². The normalized spacial score (nSPS) is 14.3. The van der Waals surface area contributed by atoms with Crippen molar-refractivity contribution in [2.45, 2.75) is 12.3 Å². The molecule has 0 aromatic heterocycles. The zero-order valence-corrected chi connectivity index (χ0v) is 16.2. The van der Waals surface area contributed by atoms with E-state index in [-0.39, 0.29) is 5.91 Å². The summed E-state index contributed by atoms with van der Waals surface area (Å²) >= 11 is 7.56. The van der Waals surface area contributed by atoms with Crippen molar-refractivity contribution in [3.8, 4) is 0 Å². The van der Waals surface area contributed by atoms with Crippen LogP contribution in [0, 0.1) is 0 Å². The topological polar surface area (TPSA) is 41.6 Å². The van der Waals surface area contributed by atoms with E-state index in [1.165, 1.54) is 5.69 Å². The second-order valence-corrected chi connectivity index (χ2v) is 7.59. The summed E-state index contributed by atoms with van der Waals surface area (Å²) in [5, 5.41) is 3.71. The summed E-state index contributed by atoms with van der Waals surface area (Å²) in [6.45, 7) is 3.98. The first-order chi connectivity index (χ1) is 12.7. The Labute approximate surface area is 163 Å². The van der Waals surface area contributed by atoms with Crippen LogP contribution in [0.25, 0.3) is 0 Å². The zero-order chi connectivity index (χ0) is 18.2. The maximum absolute atomic E-state index is 12.0. The van der Waals surface area contributed by atoms with Crippen LogP contribution in [0.4, 0.5) is 5.69 Å². The number of halogens is 1. The fourth-order valence-electron chi connectivity index (χ4n) is 2.79. The summed E-state index contributed by atoms with van der Waals surface area (Å²) in [4.78, 5) is 14.3. The molecule has 0 spiro atoms. The Kier molecular flexibility index (Phi) is 7.23. The average Bonchev–Trinajstić information content (AvgIpc) is 2.68. The molecule has 2 aromatic carbocycles. The summed E-state index contributed by atoms with van der Waals surface area (Å²) in [6, 6.07) is 16.1. The number of amides is 1. The molecule has 0 radical (unpaired) electrons. The first-order valence-corrected chi connectivity index (χ1v) is 10.2. The zero-order valence-electron chi connectivity index (χ0n) is 14.6. The molecule has 1 amide bonds. The lowest BCUT2D eigenvalue weighted by molar-refractivity contribution is -0.118. The standard InChI is InChI=1S/C20H23ClN2O2S/c21-18-3-1-2-17(12-18)14-26-15-20(24)22-13-16-4-6-19(7-5-16)23-8-10-25-11-9-23/h1-7,12H,8-11,13-15H2,(H,22,24). The predicted octanol–water partition coefficient (Wildman–Crippen LogP) is 3.73. The van der Waals surface area contributed by atoms with E-state index in [0.29, 0.717) is 12.3 Å². The summed E-state index contributed by atoms with van der Waals surface area (Å²) in [7, 11) is 0. The maximum Gasteiger partial charge on any atom is 0.230 e. The molecule has 0 aliphatic carbocycles. The van der Waals surface area contributed by atoms with E-state index < -0.39 is 0 Å². The van der Waals surface area contributed by atoms with E-state index in [4.69, 9.17) is 16.3 Å². The van der Waals surface area contributed by atoms with Gasteiger partial charge in [0, 0.05) is 36.1 Å². The first kappa shape index (κ1) is 19.1. The number of morpholine rings is 1. The van der Waals surface area contributed by atoms with Crippen molar-refractivity contribution < 1.29 is 9.53 Å². The van der Waals surface area contributed by atoms with Gasteiger partial charge in [0.1, 0.15) is 0 Å². The average molecular weight is 391 g/mol. The van der Waals surface area contributed by atoms with Gasteiger partial charge in [-0.1, -0.05) is 35.9 Å². The largest absolute Gasteiger partial charge is 0.378 e. The molecule has 1 aliphatic rings. The lowest BCUT2D eigenvalue weighted by atomic mass is 10.2. The first-order valence-electron chi connectivity index (χ1n) is 8.71. The number of anilines is 1. The third-order valence-electron chi connectivity index (χ3n) is 4.19. The number of carbonyl (C=O) groups excluding carboxylic acids is 1. The molecule has 1 saturated heterocycles. The second kappa shape index (κ2) is 9.86. The summed E-state index contributed by atoms with van der Waals surface area (Å²) in [5.41, 5.74) is 3.45. The Morgan fingerprint density at radius 2 is 1.88 bits per heavy atom. The molecule has 26 heavy (non-hydrogen) atoms. The molecular weight excluding hydrogens is 368 g/mol. The SMILES string of the molecule is O=C(CSCc1cccc(Cl)c1)NCc1ccc(N2CCOCC2)cc1. The molecule has 0 saturated carbocycles. The lowest BCUT2D eigenvalue weighted by Crippen LogP contribution is -2.36. The third-order valence-corrected chi connectivity index (χ3v) is 5.43. The monoisotopic (exact) mass is 390 g/mol. The molecule has 0 bridgehead atoms. The van der Waals surface area contributed by atoms with Crippen molar-refractivity contribution >= 4 is 35.0 Å². The fraction of sp³-hybridized carbons (Fsp3) is 0.350. The predicted molar refractivity (Wildman–Crippen MR) is 109 cm³/mol. The van der Waals surface area contributed by atoms with E-state index in [1.807, 2.05) is 24.3 Å². The number of rotatable bonds is 7. The smallest absolute Gasteiger partial charge is 0.230 e. The number of nitrogens with one attached hydrogen (secondary N) is 1. The summed E-state index contributed by atoms with van der Waals surface area (Å²) < 4.78 is 5.38. The van der Waals surface area contributed by atoms with Crippen LogP contribution in [0.3, 0.4) is 0 Å². The van der Waals surface area contributed by atoms with E-state index in [0.717, 1.165) is 48.2 Å². The Morgan fingerprint density at radius 3 is 2.62 bits per heavy atom. The highest BCUT2D eigenvalue weighted by atomic mass is 35.5. The molecule has 1 heterocycles. The van der Waals surface area contributed by atoms with Gasteiger partial charge in [-0.05, 0) is 35.4 Å². The van der Waals surface area contributed by atoms with Crippen molar-refractivity contribution in [3.05, 3.63) is 64.7 Å². The molecule has 0 unspecified atom stereocenters. The van der Waals surface area contributed by atoms with Crippen molar-refractivity contribution in [3.63, 3.8) is 0 Å². The lowest BCUT2D eigenvalue weighted by Gasteiger charge is -2.28. The molecule has 3 rings (SSSR count). The van der Waals surface area contributed by atoms with Gasteiger partial charge in [0.15, 0.2) is 0 Å². The van der Waals surface area contributed by atoms with Crippen LogP contribution in [0.2, 0.25) is 5.02 Å². The number of hydrogen-bond donors (Lipinski definition) is 1. The van der Waals surface area contributed by atoms with Gasteiger partial charge in [0.05, 0.1) is 19.0 Å².